The lowest BCUT2D eigenvalue weighted by Crippen LogP contribution is -2.41. The second-order valence-corrected chi connectivity index (χ2v) is 7.39. The number of rotatable bonds is 2. The van der Waals surface area contributed by atoms with Gasteiger partial charge in [-0.2, -0.15) is 0 Å². The Kier molecular flexibility index (Phi) is 3.41. The maximum atomic E-state index is 11.4. The van der Waals surface area contributed by atoms with Gasteiger partial charge in [0.25, 0.3) is 0 Å². The number of phenolic OH excluding ortho intramolecular Hbond substituents is 1. The van der Waals surface area contributed by atoms with E-state index >= 15 is 0 Å². The van der Waals surface area contributed by atoms with E-state index in [9.17, 15) is 13.5 Å². The molecule has 0 radical (unpaired) electrons. The summed E-state index contributed by atoms with van der Waals surface area (Å²) in [5, 5.41) is 14.6. The highest BCUT2D eigenvalue weighted by molar-refractivity contribution is 7.89. The number of sulfonamides is 1. The topological polar surface area (TPSA) is 98.9 Å². The summed E-state index contributed by atoms with van der Waals surface area (Å²) < 4.78 is 34.5. The van der Waals surface area contributed by atoms with E-state index in [-0.39, 0.29) is 4.90 Å². The molecular formula is C12H18BNO5S. The quantitative estimate of drug-likeness (QED) is 0.767. The van der Waals surface area contributed by atoms with Crippen molar-refractivity contribution in [1.29, 1.82) is 0 Å². The van der Waals surface area contributed by atoms with Crippen LogP contribution in [0, 0.1) is 0 Å². The molecule has 1 saturated heterocycles. The fourth-order valence-corrected chi connectivity index (χ4v) is 2.54. The van der Waals surface area contributed by atoms with Crippen LogP contribution in [0.5, 0.6) is 5.75 Å². The molecule has 0 aromatic heterocycles. The van der Waals surface area contributed by atoms with Crippen molar-refractivity contribution >= 4 is 22.6 Å². The number of benzene rings is 1. The average Bonchev–Trinajstić information content (AvgIpc) is 2.47. The van der Waals surface area contributed by atoms with Crippen molar-refractivity contribution in [3.8, 4) is 5.75 Å². The lowest BCUT2D eigenvalue weighted by molar-refractivity contribution is 0.00578. The predicted molar refractivity (Wildman–Crippen MR) is 75.2 cm³/mol. The Bertz CT molecular complexity index is 625. The molecule has 1 aliphatic rings. The average molecular weight is 299 g/mol. The van der Waals surface area contributed by atoms with Crippen molar-refractivity contribution in [2.75, 3.05) is 0 Å². The van der Waals surface area contributed by atoms with E-state index in [1.807, 2.05) is 27.7 Å². The summed E-state index contributed by atoms with van der Waals surface area (Å²) in [6, 6.07) is 4.08. The molecule has 3 N–H and O–H groups in total. The van der Waals surface area contributed by atoms with Crippen molar-refractivity contribution in [1.82, 2.24) is 0 Å². The lowest BCUT2D eigenvalue weighted by atomic mass is 9.79. The number of hydrogen-bond acceptors (Lipinski definition) is 5. The Morgan fingerprint density at radius 2 is 1.65 bits per heavy atom. The minimum Gasteiger partial charge on any atom is -0.507 e. The third-order valence-corrected chi connectivity index (χ3v) is 4.76. The molecule has 1 fully saturated rings. The van der Waals surface area contributed by atoms with Crippen molar-refractivity contribution < 1.29 is 22.8 Å². The van der Waals surface area contributed by atoms with E-state index in [2.05, 4.69) is 0 Å². The number of phenols is 1. The van der Waals surface area contributed by atoms with E-state index in [1.165, 1.54) is 12.1 Å². The molecule has 0 atom stereocenters. The van der Waals surface area contributed by atoms with E-state index in [4.69, 9.17) is 14.4 Å². The highest BCUT2D eigenvalue weighted by Gasteiger charge is 2.51. The minimum absolute atomic E-state index is 0.343. The number of hydrogen-bond donors (Lipinski definition) is 2. The molecule has 0 aliphatic carbocycles. The van der Waals surface area contributed by atoms with Crippen LogP contribution in [0.1, 0.15) is 27.7 Å². The fourth-order valence-electron chi connectivity index (χ4n) is 1.88. The van der Waals surface area contributed by atoms with Gasteiger partial charge < -0.3 is 14.4 Å². The maximum absolute atomic E-state index is 11.4. The zero-order chi connectivity index (χ0) is 15.3. The molecule has 0 saturated carbocycles. The summed E-state index contributed by atoms with van der Waals surface area (Å²) in [6.45, 7) is 7.59. The highest BCUT2D eigenvalue weighted by atomic mass is 32.2. The normalized spacial score (nSPS) is 21.1. The number of aromatic hydroxyl groups is 1. The van der Waals surface area contributed by atoms with Crippen LogP contribution in [0.15, 0.2) is 23.1 Å². The zero-order valence-corrected chi connectivity index (χ0v) is 12.7. The standard InChI is InChI=1S/C12H18BNO5S/c1-11(2)12(3,4)19-13(18-11)8-5-6-9(15)10(7-8)20(14,16)17/h5-7,15H,1-4H3,(H2,14,16,17). The molecule has 0 spiro atoms. The summed E-state index contributed by atoms with van der Waals surface area (Å²) >= 11 is 0. The largest absolute Gasteiger partial charge is 0.507 e. The summed E-state index contributed by atoms with van der Waals surface area (Å²) in [5.41, 5.74) is -0.570. The van der Waals surface area contributed by atoms with Crippen LogP contribution in [-0.2, 0) is 19.3 Å². The van der Waals surface area contributed by atoms with Gasteiger partial charge in [-0.1, -0.05) is 6.07 Å². The van der Waals surface area contributed by atoms with Gasteiger partial charge in [0.1, 0.15) is 10.6 Å². The fraction of sp³-hybridized carbons (Fsp3) is 0.500. The van der Waals surface area contributed by atoms with Crippen molar-refractivity contribution in [2.45, 2.75) is 43.8 Å². The van der Waals surface area contributed by atoms with Gasteiger partial charge in [0.15, 0.2) is 0 Å². The molecule has 20 heavy (non-hydrogen) atoms. The zero-order valence-electron chi connectivity index (χ0n) is 11.9. The van der Waals surface area contributed by atoms with Crippen LogP contribution < -0.4 is 10.6 Å². The van der Waals surface area contributed by atoms with Crippen LogP contribution in [0.4, 0.5) is 0 Å². The summed E-state index contributed by atoms with van der Waals surface area (Å²) in [4.78, 5) is -0.343. The van der Waals surface area contributed by atoms with Crippen LogP contribution in [0.3, 0.4) is 0 Å². The number of primary sulfonamides is 1. The van der Waals surface area contributed by atoms with Crippen LogP contribution in [0.2, 0.25) is 0 Å². The number of nitrogens with two attached hydrogens (primary N) is 1. The van der Waals surface area contributed by atoms with E-state index < -0.39 is 34.1 Å². The van der Waals surface area contributed by atoms with Crippen LogP contribution in [-0.4, -0.2) is 31.8 Å². The van der Waals surface area contributed by atoms with Gasteiger partial charge in [0.2, 0.25) is 10.0 Å². The van der Waals surface area contributed by atoms with Gasteiger partial charge in [0, 0.05) is 0 Å². The highest BCUT2D eigenvalue weighted by Crippen LogP contribution is 2.36. The van der Waals surface area contributed by atoms with Gasteiger partial charge in [-0.3, -0.25) is 0 Å². The summed E-state index contributed by atoms with van der Waals surface area (Å²) in [6.07, 6.45) is 0. The van der Waals surface area contributed by atoms with Crippen LogP contribution in [0.25, 0.3) is 0 Å². The maximum Gasteiger partial charge on any atom is 0.494 e. The third-order valence-electron chi connectivity index (χ3n) is 3.82. The molecule has 0 unspecified atom stereocenters. The van der Waals surface area contributed by atoms with E-state index in [0.29, 0.717) is 5.46 Å². The first kappa shape index (κ1) is 15.3. The van der Waals surface area contributed by atoms with Crippen molar-refractivity contribution in [3.05, 3.63) is 18.2 Å². The molecule has 1 heterocycles. The molecule has 1 aromatic rings. The van der Waals surface area contributed by atoms with Crippen molar-refractivity contribution in [3.63, 3.8) is 0 Å². The van der Waals surface area contributed by atoms with Gasteiger partial charge in [-0.05, 0) is 45.3 Å². The summed E-state index contributed by atoms with van der Waals surface area (Å²) in [5.74, 6) is -0.396. The smallest absolute Gasteiger partial charge is 0.494 e. The SMILES string of the molecule is CC1(C)OB(c2ccc(O)c(S(N)(=O)=O)c2)OC1(C)C. The van der Waals surface area contributed by atoms with E-state index in [0.717, 1.165) is 0 Å². The van der Waals surface area contributed by atoms with Crippen molar-refractivity contribution in [2.24, 2.45) is 5.14 Å². The second-order valence-electron chi connectivity index (χ2n) is 5.86. The third kappa shape index (κ3) is 2.56. The monoisotopic (exact) mass is 299 g/mol. The molecule has 1 aromatic carbocycles. The molecule has 1 aliphatic heterocycles. The molecule has 2 rings (SSSR count). The lowest BCUT2D eigenvalue weighted by Gasteiger charge is -2.32. The Hall–Kier alpha value is -1.09. The van der Waals surface area contributed by atoms with Gasteiger partial charge in [0.05, 0.1) is 11.2 Å². The Morgan fingerprint density at radius 1 is 1.15 bits per heavy atom. The Balaban J connectivity index is 2.42. The molecule has 0 amide bonds. The van der Waals surface area contributed by atoms with Crippen LogP contribution >= 0.6 is 0 Å². The van der Waals surface area contributed by atoms with E-state index in [1.54, 1.807) is 6.07 Å². The molecule has 0 bridgehead atoms. The first-order valence-corrected chi connectivity index (χ1v) is 7.70. The molecule has 6 nitrogen and oxygen atoms in total. The predicted octanol–water partition coefficient (Wildman–Crippen LogP) is 0.339. The molecule has 110 valence electrons. The van der Waals surface area contributed by atoms with Gasteiger partial charge in [-0.15, -0.1) is 0 Å². The Morgan fingerprint density at radius 3 is 2.10 bits per heavy atom. The molecular weight excluding hydrogens is 281 g/mol. The minimum atomic E-state index is -4.00. The van der Waals surface area contributed by atoms with Gasteiger partial charge in [-0.25, -0.2) is 13.6 Å². The first-order chi connectivity index (χ1) is 8.94. The molecule has 8 heteroatoms. The second kappa shape index (κ2) is 4.46. The van der Waals surface area contributed by atoms with Gasteiger partial charge >= 0.3 is 7.12 Å². The Labute approximate surface area is 119 Å². The first-order valence-electron chi connectivity index (χ1n) is 6.15. The summed E-state index contributed by atoms with van der Waals surface area (Å²) in [7, 11) is -4.71.